The van der Waals surface area contributed by atoms with E-state index in [1.54, 1.807) is 12.1 Å². The summed E-state index contributed by atoms with van der Waals surface area (Å²) >= 11 is 6.09. The summed E-state index contributed by atoms with van der Waals surface area (Å²) in [5.41, 5.74) is 2.44. The molecule has 0 aliphatic rings. The van der Waals surface area contributed by atoms with E-state index in [0.29, 0.717) is 23.1 Å². The minimum atomic E-state index is 0.296. The summed E-state index contributed by atoms with van der Waals surface area (Å²) in [6.45, 7) is 2.26. The van der Waals surface area contributed by atoms with Crippen molar-refractivity contribution >= 4 is 23.4 Å². The molecule has 0 unspecified atom stereocenters. The first-order valence-corrected chi connectivity index (χ1v) is 6.13. The lowest BCUT2D eigenvalue weighted by Gasteiger charge is -2.09. The quantitative estimate of drug-likeness (QED) is 0.619. The third-order valence-corrected chi connectivity index (χ3v) is 2.92. The van der Waals surface area contributed by atoms with Crippen LogP contribution in [0.5, 0.6) is 5.75 Å². The number of rotatable bonds is 4. The lowest BCUT2D eigenvalue weighted by Crippen LogP contribution is -1.96. The van der Waals surface area contributed by atoms with Crippen molar-refractivity contribution < 1.29 is 9.53 Å². The first kappa shape index (κ1) is 13.3. The Morgan fingerprint density at radius 1 is 1.26 bits per heavy atom. The summed E-state index contributed by atoms with van der Waals surface area (Å²) < 4.78 is 5.64. The van der Waals surface area contributed by atoms with Crippen LogP contribution in [0.25, 0.3) is 0 Å². The third kappa shape index (κ3) is 3.44. The zero-order chi connectivity index (χ0) is 13.7. The SMILES string of the molecule is Cc1ccc(OCc2ccccc2N=C=O)c(Cl)c1. The molecular weight excluding hydrogens is 262 g/mol. The largest absolute Gasteiger partial charge is 0.487 e. The average molecular weight is 274 g/mol. The highest BCUT2D eigenvalue weighted by Crippen LogP contribution is 2.27. The van der Waals surface area contributed by atoms with Gasteiger partial charge in [0.25, 0.3) is 0 Å². The van der Waals surface area contributed by atoms with E-state index < -0.39 is 0 Å². The molecule has 96 valence electrons. The Balaban J connectivity index is 2.16. The minimum absolute atomic E-state index is 0.296. The molecular formula is C15H12ClNO2. The highest BCUT2D eigenvalue weighted by molar-refractivity contribution is 6.32. The number of nitrogens with zero attached hydrogens (tertiary/aromatic N) is 1. The molecule has 2 rings (SSSR count). The van der Waals surface area contributed by atoms with Gasteiger partial charge in [-0.1, -0.05) is 35.9 Å². The summed E-state index contributed by atoms with van der Waals surface area (Å²) in [6, 6.07) is 12.8. The summed E-state index contributed by atoms with van der Waals surface area (Å²) in [4.78, 5) is 14.0. The van der Waals surface area contributed by atoms with Crippen LogP contribution in [0.15, 0.2) is 47.5 Å². The molecule has 0 bridgehead atoms. The van der Waals surface area contributed by atoms with Gasteiger partial charge in [-0.25, -0.2) is 4.79 Å². The van der Waals surface area contributed by atoms with Crippen LogP contribution in [0.1, 0.15) is 11.1 Å². The fourth-order valence-corrected chi connectivity index (χ4v) is 1.96. The predicted molar refractivity (Wildman–Crippen MR) is 74.7 cm³/mol. The number of benzene rings is 2. The predicted octanol–water partition coefficient (Wildman–Crippen LogP) is 4.19. The molecule has 0 saturated carbocycles. The topological polar surface area (TPSA) is 38.7 Å². The van der Waals surface area contributed by atoms with E-state index in [4.69, 9.17) is 16.3 Å². The molecule has 19 heavy (non-hydrogen) atoms. The number of ether oxygens (including phenoxy) is 1. The molecule has 4 heteroatoms. The van der Waals surface area contributed by atoms with Gasteiger partial charge in [0.2, 0.25) is 6.08 Å². The molecule has 0 spiro atoms. The van der Waals surface area contributed by atoms with E-state index in [9.17, 15) is 4.79 Å². The van der Waals surface area contributed by atoms with Gasteiger partial charge in [-0.05, 0) is 30.7 Å². The normalized spacial score (nSPS) is 9.79. The monoisotopic (exact) mass is 273 g/mol. The average Bonchev–Trinajstić information content (AvgIpc) is 2.40. The summed E-state index contributed by atoms with van der Waals surface area (Å²) in [6.07, 6.45) is 1.53. The van der Waals surface area contributed by atoms with E-state index in [-0.39, 0.29) is 0 Å². The van der Waals surface area contributed by atoms with Gasteiger partial charge >= 0.3 is 0 Å². The van der Waals surface area contributed by atoms with Crippen LogP contribution in [0.3, 0.4) is 0 Å². The van der Waals surface area contributed by atoms with Crippen molar-refractivity contribution in [3.05, 3.63) is 58.6 Å². The van der Waals surface area contributed by atoms with E-state index in [2.05, 4.69) is 4.99 Å². The zero-order valence-corrected chi connectivity index (χ0v) is 11.1. The van der Waals surface area contributed by atoms with Gasteiger partial charge in [-0.2, -0.15) is 4.99 Å². The molecule has 0 atom stereocenters. The van der Waals surface area contributed by atoms with E-state index in [1.807, 2.05) is 37.3 Å². The third-order valence-electron chi connectivity index (χ3n) is 2.63. The van der Waals surface area contributed by atoms with E-state index in [0.717, 1.165) is 11.1 Å². The molecule has 3 nitrogen and oxygen atoms in total. The standard InChI is InChI=1S/C15H12ClNO2/c1-11-6-7-15(13(16)8-11)19-9-12-4-2-3-5-14(12)17-10-18/h2-8H,9H2,1H3. The molecule has 0 aromatic heterocycles. The fraction of sp³-hybridized carbons (Fsp3) is 0.133. The van der Waals surface area contributed by atoms with E-state index in [1.165, 1.54) is 6.08 Å². The van der Waals surface area contributed by atoms with Crippen molar-refractivity contribution in [2.75, 3.05) is 0 Å². The van der Waals surface area contributed by atoms with Gasteiger partial charge < -0.3 is 4.74 Å². The maximum absolute atomic E-state index is 10.3. The number of aryl methyl sites for hydroxylation is 1. The number of carbonyl (C=O) groups excluding carboxylic acids is 1. The Hall–Kier alpha value is -2.09. The Labute approximate surface area is 116 Å². The van der Waals surface area contributed by atoms with Crippen LogP contribution in [-0.2, 0) is 11.4 Å². The molecule has 0 amide bonds. The molecule has 2 aromatic rings. The second-order valence-corrected chi connectivity index (χ2v) is 4.46. The minimum Gasteiger partial charge on any atom is -0.487 e. The Kier molecular flexibility index (Phi) is 4.35. The molecule has 0 N–H and O–H groups in total. The number of aliphatic imine (C=N–C) groups is 1. The lowest BCUT2D eigenvalue weighted by molar-refractivity contribution is 0.307. The van der Waals surface area contributed by atoms with Gasteiger partial charge in [0.05, 0.1) is 10.7 Å². The van der Waals surface area contributed by atoms with Crippen LogP contribution in [0, 0.1) is 6.92 Å². The molecule has 0 radical (unpaired) electrons. The summed E-state index contributed by atoms with van der Waals surface area (Å²) in [5.74, 6) is 0.608. The Morgan fingerprint density at radius 2 is 2.05 bits per heavy atom. The van der Waals surface area contributed by atoms with Crippen molar-refractivity contribution in [3.63, 3.8) is 0 Å². The van der Waals surface area contributed by atoms with Crippen molar-refractivity contribution in [1.29, 1.82) is 0 Å². The first-order valence-electron chi connectivity index (χ1n) is 5.75. The highest BCUT2D eigenvalue weighted by Gasteiger charge is 2.05. The molecule has 0 heterocycles. The van der Waals surface area contributed by atoms with Crippen molar-refractivity contribution in [3.8, 4) is 5.75 Å². The molecule has 2 aromatic carbocycles. The van der Waals surface area contributed by atoms with E-state index >= 15 is 0 Å². The van der Waals surface area contributed by atoms with Crippen LogP contribution in [0.4, 0.5) is 5.69 Å². The number of hydrogen-bond donors (Lipinski definition) is 0. The molecule has 0 saturated heterocycles. The molecule has 0 aliphatic carbocycles. The number of halogens is 1. The smallest absolute Gasteiger partial charge is 0.240 e. The first-order chi connectivity index (χ1) is 9.20. The van der Waals surface area contributed by atoms with Crippen molar-refractivity contribution in [2.24, 2.45) is 4.99 Å². The number of isocyanates is 1. The van der Waals surface area contributed by atoms with Crippen molar-refractivity contribution in [2.45, 2.75) is 13.5 Å². The second-order valence-electron chi connectivity index (χ2n) is 4.05. The summed E-state index contributed by atoms with van der Waals surface area (Å²) in [5, 5.41) is 0.566. The zero-order valence-electron chi connectivity index (χ0n) is 10.4. The van der Waals surface area contributed by atoms with Gasteiger partial charge in [-0.15, -0.1) is 0 Å². The number of para-hydroxylation sites is 1. The van der Waals surface area contributed by atoms with Crippen LogP contribution in [-0.4, -0.2) is 6.08 Å². The second kappa shape index (κ2) is 6.19. The van der Waals surface area contributed by atoms with Crippen LogP contribution < -0.4 is 4.74 Å². The lowest BCUT2D eigenvalue weighted by atomic mass is 10.2. The summed E-state index contributed by atoms with van der Waals surface area (Å²) in [7, 11) is 0. The molecule has 0 fully saturated rings. The van der Waals surface area contributed by atoms with Gasteiger partial charge in [0, 0.05) is 5.56 Å². The fourth-order valence-electron chi connectivity index (χ4n) is 1.67. The maximum atomic E-state index is 10.3. The van der Waals surface area contributed by atoms with Gasteiger partial charge in [0.1, 0.15) is 12.4 Å². The Morgan fingerprint density at radius 3 is 2.79 bits per heavy atom. The van der Waals surface area contributed by atoms with Crippen LogP contribution in [0.2, 0.25) is 5.02 Å². The molecule has 0 aliphatic heterocycles. The highest BCUT2D eigenvalue weighted by atomic mass is 35.5. The van der Waals surface area contributed by atoms with Crippen LogP contribution >= 0.6 is 11.6 Å². The van der Waals surface area contributed by atoms with Gasteiger partial charge in [-0.3, -0.25) is 0 Å². The number of hydrogen-bond acceptors (Lipinski definition) is 3. The van der Waals surface area contributed by atoms with Crippen molar-refractivity contribution in [1.82, 2.24) is 0 Å². The Bertz CT molecular complexity index is 634. The van der Waals surface area contributed by atoms with Gasteiger partial charge in [0.15, 0.2) is 0 Å². The maximum Gasteiger partial charge on any atom is 0.240 e.